The molecule has 232 valence electrons. The van der Waals surface area contributed by atoms with E-state index >= 15 is 0 Å². The van der Waals surface area contributed by atoms with Gasteiger partial charge in [0.25, 0.3) is 5.91 Å². The second-order valence-corrected chi connectivity index (χ2v) is 11.4. The predicted molar refractivity (Wildman–Crippen MR) is 172 cm³/mol. The molecule has 0 radical (unpaired) electrons. The fraction of sp³-hybridized carbons (Fsp3) is 0.344. The Hall–Kier alpha value is -3.83. The van der Waals surface area contributed by atoms with E-state index in [9.17, 15) is 14.4 Å². The van der Waals surface area contributed by atoms with Crippen molar-refractivity contribution < 1.29 is 23.9 Å². The molecule has 10 nitrogen and oxygen atoms in total. The number of carbonyl (C=O) groups is 3. The lowest BCUT2D eigenvalue weighted by Gasteiger charge is -2.37. The van der Waals surface area contributed by atoms with E-state index < -0.39 is 0 Å². The number of morpholine rings is 1. The molecule has 44 heavy (non-hydrogen) atoms. The first-order valence-corrected chi connectivity index (χ1v) is 15.2. The van der Waals surface area contributed by atoms with E-state index in [1.807, 2.05) is 55.5 Å². The number of likely N-dealkylation sites (N-methyl/N-ethyl adjacent to an activating group) is 1. The molecule has 12 heteroatoms. The van der Waals surface area contributed by atoms with Gasteiger partial charge in [-0.05, 0) is 41.8 Å². The Morgan fingerprint density at radius 1 is 0.977 bits per heavy atom. The molecular weight excluding hydrogens is 605 g/mol. The zero-order valence-corrected chi connectivity index (χ0v) is 26.2. The van der Waals surface area contributed by atoms with Crippen molar-refractivity contribution >= 4 is 52.4 Å². The van der Waals surface area contributed by atoms with Crippen LogP contribution in [0, 0.1) is 0 Å². The fourth-order valence-corrected chi connectivity index (χ4v) is 5.56. The number of halogens is 2. The van der Waals surface area contributed by atoms with Gasteiger partial charge in [0.15, 0.2) is 6.61 Å². The van der Waals surface area contributed by atoms with Gasteiger partial charge in [-0.2, -0.15) is 0 Å². The van der Waals surface area contributed by atoms with E-state index in [2.05, 4.69) is 15.5 Å². The second kappa shape index (κ2) is 14.3. The van der Waals surface area contributed by atoms with Crippen LogP contribution in [-0.2, 0) is 14.3 Å². The molecule has 0 bridgehead atoms. The van der Waals surface area contributed by atoms with E-state index in [4.69, 9.17) is 32.7 Å². The summed E-state index contributed by atoms with van der Waals surface area (Å²) in [6, 6.07) is 18.3. The van der Waals surface area contributed by atoms with Crippen molar-refractivity contribution in [3.63, 3.8) is 0 Å². The Bertz CT molecular complexity index is 1500. The molecule has 3 aromatic carbocycles. The van der Waals surface area contributed by atoms with Gasteiger partial charge in [0, 0.05) is 45.0 Å². The van der Waals surface area contributed by atoms with E-state index in [0.29, 0.717) is 48.5 Å². The summed E-state index contributed by atoms with van der Waals surface area (Å²) in [5.74, 6) is -0.156. The Labute approximate surface area is 266 Å². The van der Waals surface area contributed by atoms with Crippen molar-refractivity contribution in [1.82, 2.24) is 15.1 Å². The number of fused-ring (bicyclic) bond motifs is 1. The van der Waals surface area contributed by atoms with Crippen LogP contribution in [-0.4, -0.2) is 87.2 Å². The van der Waals surface area contributed by atoms with Gasteiger partial charge < -0.3 is 25.0 Å². The van der Waals surface area contributed by atoms with Crippen LogP contribution in [0.3, 0.4) is 0 Å². The SMILES string of the molecule is CCNC(=O)Nc1ccc(-c2ccc(C(CN3CCOCC3)N(C)C(=O)CN3C(=O)COc4cc(Cl)c(Cl)cc43)cc2)cc1. The summed E-state index contributed by atoms with van der Waals surface area (Å²) < 4.78 is 11.1. The number of amides is 4. The maximum atomic E-state index is 13.8. The molecule has 1 saturated heterocycles. The average Bonchev–Trinajstić information content (AvgIpc) is 3.03. The van der Waals surface area contributed by atoms with Crippen molar-refractivity contribution in [2.45, 2.75) is 13.0 Å². The molecular formula is C32H35Cl2N5O5. The third-order valence-electron chi connectivity index (χ3n) is 7.74. The van der Waals surface area contributed by atoms with Gasteiger partial charge in [-0.25, -0.2) is 4.79 Å². The molecule has 0 aliphatic carbocycles. The standard InChI is InChI=1S/C32H35Cl2N5O5/c1-3-35-32(42)36-24-10-8-22(9-11-24)21-4-6-23(7-5-21)28(18-38-12-14-43-15-13-38)37(2)30(40)19-39-27-16-25(33)26(34)17-29(27)44-20-31(39)41/h4-11,16-17,28H,3,12-15,18-20H2,1-2H3,(H2,35,36,42). The van der Waals surface area contributed by atoms with Crippen LogP contribution in [0.15, 0.2) is 60.7 Å². The molecule has 0 aromatic heterocycles. The van der Waals surface area contributed by atoms with Crippen molar-refractivity contribution in [3.8, 4) is 16.9 Å². The van der Waals surface area contributed by atoms with Crippen LogP contribution >= 0.6 is 23.2 Å². The quantitative estimate of drug-likeness (QED) is 0.339. The third kappa shape index (κ3) is 7.44. The lowest BCUT2D eigenvalue weighted by atomic mass is 9.99. The maximum Gasteiger partial charge on any atom is 0.319 e. The fourth-order valence-electron chi connectivity index (χ4n) is 5.25. The summed E-state index contributed by atoms with van der Waals surface area (Å²) in [5.41, 5.74) is 4.08. The van der Waals surface area contributed by atoms with Crippen LogP contribution in [0.5, 0.6) is 5.75 Å². The number of hydrogen-bond acceptors (Lipinski definition) is 6. The van der Waals surface area contributed by atoms with Gasteiger partial charge in [-0.3, -0.25) is 19.4 Å². The molecule has 2 aliphatic rings. The van der Waals surface area contributed by atoms with E-state index in [1.165, 1.54) is 4.90 Å². The number of hydrogen-bond donors (Lipinski definition) is 2. The lowest BCUT2D eigenvalue weighted by molar-refractivity contribution is -0.133. The number of nitrogens with zero attached hydrogens (tertiary/aromatic N) is 3. The highest BCUT2D eigenvalue weighted by Crippen LogP contribution is 2.39. The van der Waals surface area contributed by atoms with E-state index in [-0.39, 0.29) is 42.1 Å². The van der Waals surface area contributed by atoms with Crippen LogP contribution in [0.25, 0.3) is 11.1 Å². The molecule has 3 aromatic rings. The summed E-state index contributed by atoms with van der Waals surface area (Å²) in [7, 11) is 1.77. The van der Waals surface area contributed by atoms with Crippen molar-refractivity contribution in [1.29, 1.82) is 0 Å². The Morgan fingerprint density at radius 3 is 2.27 bits per heavy atom. The van der Waals surface area contributed by atoms with Gasteiger partial charge in [0.2, 0.25) is 5.91 Å². The van der Waals surface area contributed by atoms with Crippen LogP contribution in [0.2, 0.25) is 10.0 Å². The summed E-state index contributed by atoms with van der Waals surface area (Å²) in [6.07, 6.45) is 0. The molecule has 2 N–H and O–H groups in total. The van der Waals surface area contributed by atoms with Crippen molar-refractivity contribution in [2.75, 3.05) is 69.8 Å². The summed E-state index contributed by atoms with van der Waals surface area (Å²) >= 11 is 12.4. The van der Waals surface area contributed by atoms with E-state index in [1.54, 1.807) is 24.1 Å². The highest BCUT2D eigenvalue weighted by molar-refractivity contribution is 6.42. The Balaban J connectivity index is 1.35. The normalized spacial score (nSPS) is 15.6. The lowest BCUT2D eigenvalue weighted by Crippen LogP contribution is -2.48. The second-order valence-electron chi connectivity index (χ2n) is 10.6. The van der Waals surface area contributed by atoms with E-state index in [0.717, 1.165) is 29.8 Å². The predicted octanol–water partition coefficient (Wildman–Crippen LogP) is 5.06. The summed E-state index contributed by atoms with van der Waals surface area (Å²) in [5, 5.41) is 6.10. The maximum absolute atomic E-state index is 13.8. The molecule has 2 heterocycles. The van der Waals surface area contributed by atoms with Crippen LogP contribution in [0.1, 0.15) is 18.5 Å². The minimum Gasteiger partial charge on any atom is -0.482 e. The van der Waals surface area contributed by atoms with Crippen LogP contribution in [0.4, 0.5) is 16.2 Å². The number of anilines is 2. The molecule has 4 amide bonds. The summed E-state index contributed by atoms with van der Waals surface area (Å²) in [6.45, 7) is 5.47. The number of rotatable bonds is 9. The average molecular weight is 641 g/mol. The van der Waals surface area contributed by atoms with Gasteiger partial charge >= 0.3 is 6.03 Å². The zero-order chi connectivity index (χ0) is 31.2. The molecule has 5 rings (SSSR count). The topological polar surface area (TPSA) is 103 Å². The largest absolute Gasteiger partial charge is 0.482 e. The molecule has 0 spiro atoms. The number of carbonyl (C=O) groups excluding carboxylic acids is 3. The van der Waals surface area contributed by atoms with Crippen molar-refractivity contribution in [2.24, 2.45) is 0 Å². The minimum absolute atomic E-state index is 0.169. The van der Waals surface area contributed by atoms with Gasteiger partial charge in [-0.15, -0.1) is 0 Å². The number of ether oxygens (including phenoxy) is 2. The first-order valence-electron chi connectivity index (χ1n) is 14.5. The highest BCUT2D eigenvalue weighted by atomic mass is 35.5. The Kier molecular flexibility index (Phi) is 10.3. The molecule has 1 fully saturated rings. The monoisotopic (exact) mass is 639 g/mol. The number of benzene rings is 3. The smallest absolute Gasteiger partial charge is 0.319 e. The molecule has 0 saturated carbocycles. The van der Waals surface area contributed by atoms with Gasteiger partial charge in [-0.1, -0.05) is 59.6 Å². The minimum atomic E-state index is -0.334. The molecule has 1 atom stereocenters. The zero-order valence-electron chi connectivity index (χ0n) is 24.6. The first-order chi connectivity index (χ1) is 21.2. The summed E-state index contributed by atoms with van der Waals surface area (Å²) in [4.78, 5) is 43.8. The third-order valence-corrected chi connectivity index (χ3v) is 8.47. The van der Waals surface area contributed by atoms with Gasteiger partial charge in [0.1, 0.15) is 12.3 Å². The number of urea groups is 1. The number of nitrogens with one attached hydrogen (secondary N) is 2. The van der Waals surface area contributed by atoms with Gasteiger partial charge in [0.05, 0.1) is 35.0 Å². The highest BCUT2D eigenvalue weighted by Gasteiger charge is 2.32. The van der Waals surface area contributed by atoms with Crippen molar-refractivity contribution in [3.05, 3.63) is 76.3 Å². The van der Waals surface area contributed by atoms with Crippen LogP contribution < -0.4 is 20.3 Å². The Morgan fingerprint density at radius 2 is 1.61 bits per heavy atom. The molecule has 2 aliphatic heterocycles. The first kappa shape index (κ1) is 31.6. The molecule has 1 unspecified atom stereocenters.